The summed E-state index contributed by atoms with van der Waals surface area (Å²) >= 11 is 0. The van der Waals surface area contributed by atoms with Crippen molar-refractivity contribution in [3.63, 3.8) is 0 Å². The van der Waals surface area contributed by atoms with Crippen molar-refractivity contribution in [3.8, 4) is 11.5 Å². The van der Waals surface area contributed by atoms with Gasteiger partial charge in [0.2, 0.25) is 5.91 Å². The minimum atomic E-state index is -2.42. The van der Waals surface area contributed by atoms with Crippen molar-refractivity contribution >= 4 is 47.4 Å². The second kappa shape index (κ2) is 17.6. The zero-order valence-electron chi connectivity index (χ0n) is 36.8. The number of methoxy groups -OCH3 is 2. The number of benzene rings is 5. The van der Waals surface area contributed by atoms with Crippen LogP contribution in [-0.2, 0) is 39.4 Å². The smallest absolute Gasteiger partial charge is 0.264 e. The molecule has 4 heterocycles. The number of aliphatic hydroxyl groups excluding tert-OH is 1. The average Bonchev–Trinajstić information content (AvgIpc) is 4.08. The molecule has 5 aromatic carbocycles. The first-order chi connectivity index (χ1) is 31.0. The molecule has 1 unspecified atom stereocenters. The third kappa shape index (κ3) is 7.77. The number of aliphatic hydroxyl groups is 1. The summed E-state index contributed by atoms with van der Waals surface area (Å²) in [7, 11) is 0.887. The molecule has 2 aromatic heterocycles. The van der Waals surface area contributed by atoms with Crippen molar-refractivity contribution in [2.45, 2.75) is 69.1 Å². The van der Waals surface area contributed by atoms with Gasteiger partial charge in [0.15, 0.2) is 5.60 Å². The van der Waals surface area contributed by atoms with Crippen molar-refractivity contribution in [2.75, 3.05) is 31.0 Å². The number of carbonyl (C=O) groups excluding carboxylic acids is 2. The van der Waals surface area contributed by atoms with E-state index in [0.29, 0.717) is 36.6 Å². The first kappa shape index (κ1) is 42.7. The number of H-pyrrole nitrogens is 1. The Morgan fingerprint density at radius 2 is 1.66 bits per heavy atom. The van der Waals surface area contributed by atoms with Crippen LogP contribution in [0.3, 0.4) is 0 Å². The van der Waals surface area contributed by atoms with Crippen molar-refractivity contribution in [3.05, 3.63) is 162 Å². The number of nitrogens with zero attached hydrogens (tertiary/aromatic N) is 4. The maximum absolute atomic E-state index is 15.5. The van der Waals surface area contributed by atoms with Crippen molar-refractivity contribution < 1.29 is 28.9 Å². The number of fused-ring (bicyclic) bond motifs is 3. The lowest BCUT2D eigenvalue weighted by Crippen LogP contribution is -2.51. The highest BCUT2D eigenvalue weighted by Crippen LogP contribution is 2.60. The lowest BCUT2D eigenvalue weighted by atomic mass is 9.82. The summed E-state index contributed by atoms with van der Waals surface area (Å²) in [5, 5.41) is 24.7. The van der Waals surface area contributed by atoms with Crippen LogP contribution in [0, 0.1) is 5.92 Å². The Bertz CT molecular complexity index is 2770. The largest absolute Gasteiger partial charge is 0.497 e. The number of aromatic nitrogens is 4. The summed E-state index contributed by atoms with van der Waals surface area (Å²) in [6.45, 7) is 7.64. The van der Waals surface area contributed by atoms with Gasteiger partial charge in [-0.2, -0.15) is 0 Å². The SMILES string of the molecule is COc1ccc([Si](C)(C)[C@H]2[C@H](CCn3cc(C(CO)c4ccccc4)nn3)O[C@@]3(C(=O)N(Cc4ccc(NC(=O)Cc5c[nH]c6ccccc56)cc4)c4ccc(OC)cc43)[C@@H]2C)cc1. The van der Waals surface area contributed by atoms with Crippen LogP contribution in [0.1, 0.15) is 47.2 Å². The number of hydrogen-bond donors (Lipinski definition) is 3. The molecule has 2 amide bonds. The van der Waals surface area contributed by atoms with E-state index in [9.17, 15) is 9.90 Å². The number of aryl methyl sites for hydroxylation is 1. The number of nitrogens with one attached hydrogen (secondary N) is 2. The highest BCUT2D eigenvalue weighted by molar-refractivity contribution is 6.91. The first-order valence-corrected chi connectivity index (χ1v) is 24.9. The number of aromatic amines is 1. The summed E-state index contributed by atoms with van der Waals surface area (Å²) in [6.07, 6.45) is 4.31. The van der Waals surface area contributed by atoms with Gasteiger partial charge in [-0.25, -0.2) is 0 Å². The predicted octanol–water partition coefficient (Wildman–Crippen LogP) is 7.94. The lowest BCUT2D eigenvalue weighted by molar-refractivity contribution is -0.146. The minimum absolute atomic E-state index is 0.00787. The van der Waals surface area contributed by atoms with Crippen molar-refractivity contribution in [1.82, 2.24) is 20.0 Å². The van der Waals surface area contributed by atoms with E-state index < -0.39 is 13.7 Å². The second-order valence-electron chi connectivity index (χ2n) is 17.6. The van der Waals surface area contributed by atoms with E-state index in [2.05, 4.69) is 52.8 Å². The molecule has 0 radical (unpaired) electrons. The highest BCUT2D eigenvalue weighted by Gasteiger charge is 2.66. The van der Waals surface area contributed by atoms with E-state index in [4.69, 9.17) is 14.2 Å². The molecule has 12 nitrogen and oxygen atoms in total. The number of hydrogen-bond acceptors (Lipinski definition) is 8. The van der Waals surface area contributed by atoms with E-state index in [1.165, 1.54) is 5.19 Å². The number of amides is 2. The third-order valence-corrected chi connectivity index (χ3v) is 17.9. The van der Waals surface area contributed by atoms with Crippen LogP contribution < -0.4 is 24.9 Å². The van der Waals surface area contributed by atoms with Crippen LogP contribution in [0.25, 0.3) is 10.9 Å². The van der Waals surface area contributed by atoms with Gasteiger partial charge in [-0.3, -0.25) is 14.3 Å². The molecule has 3 N–H and O–H groups in total. The van der Waals surface area contributed by atoms with Crippen LogP contribution >= 0.6 is 0 Å². The maximum Gasteiger partial charge on any atom is 0.264 e. The molecule has 2 aliphatic heterocycles. The Balaban J connectivity index is 1.00. The first-order valence-electron chi connectivity index (χ1n) is 21.9. The van der Waals surface area contributed by atoms with Crippen LogP contribution in [0.2, 0.25) is 18.6 Å². The zero-order chi connectivity index (χ0) is 44.6. The fraction of sp³-hybridized carbons (Fsp3) is 0.294. The van der Waals surface area contributed by atoms with Gasteiger partial charge in [-0.05, 0) is 77.2 Å². The molecular formula is C51H54N6O6Si. The number of anilines is 2. The number of para-hydroxylation sites is 1. The molecule has 0 bridgehead atoms. The Morgan fingerprint density at radius 1 is 0.938 bits per heavy atom. The summed E-state index contributed by atoms with van der Waals surface area (Å²) in [5.74, 6) is 0.704. The third-order valence-electron chi connectivity index (χ3n) is 13.6. The lowest BCUT2D eigenvalue weighted by Gasteiger charge is -2.37. The van der Waals surface area contributed by atoms with Gasteiger partial charge >= 0.3 is 0 Å². The second-order valence-corrected chi connectivity index (χ2v) is 22.2. The Labute approximate surface area is 374 Å². The molecule has 7 aromatic rings. The fourth-order valence-corrected chi connectivity index (χ4v) is 14.3. The number of rotatable bonds is 15. The van der Waals surface area contributed by atoms with Gasteiger partial charge in [0.25, 0.3) is 5.91 Å². The minimum Gasteiger partial charge on any atom is -0.497 e. The predicted molar refractivity (Wildman–Crippen MR) is 251 cm³/mol. The molecule has 2 aliphatic rings. The van der Waals surface area contributed by atoms with Crippen molar-refractivity contribution in [2.24, 2.45) is 5.92 Å². The number of ether oxygens (including phenoxy) is 3. The van der Waals surface area contributed by atoms with E-state index in [1.54, 1.807) is 14.2 Å². The zero-order valence-corrected chi connectivity index (χ0v) is 37.8. The van der Waals surface area contributed by atoms with Crippen molar-refractivity contribution in [1.29, 1.82) is 0 Å². The summed E-state index contributed by atoms with van der Waals surface area (Å²) < 4.78 is 20.6. The molecule has 0 saturated carbocycles. The molecule has 0 aliphatic carbocycles. The van der Waals surface area contributed by atoms with Gasteiger partial charge in [0.1, 0.15) is 11.5 Å². The quantitative estimate of drug-likeness (QED) is 0.0882. The van der Waals surface area contributed by atoms with Crippen LogP contribution in [-0.4, -0.2) is 71.9 Å². The molecule has 5 atom stereocenters. The normalized spacial score (nSPS) is 19.9. The molecule has 64 heavy (non-hydrogen) atoms. The molecule has 13 heteroatoms. The molecule has 328 valence electrons. The molecular weight excluding hydrogens is 821 g/mol. The maximum atomic E-state index is 15.5. The van der Waals surface area contributed by atoms with Gasteiger partial charge in [-0.15, -0.1) is 5.10 Å². The van der Waals surface area contributed by atoms with Crippen LogP contribution in [0.4, 0.5) is 11.4 Å². The topological polar surface area (TPSA) is 144 Å². The summed E-state index contributed by atoms with van der Waals surface area (Å²) in [5.41, 5.74) is 5.50. The van der Waals surface area contributed by atoms with Crippen LogP contribution in [0.15, 0.2) is 134 Å². The van der Waals surface area contributed by atoms with E-state index >= 15 is 4.79 Å². The number of carbonyl (C=O) groups is 2. The van der Waals surface area contributed by atoms with E-state index in [-0.39, 0.29) is 48.3 Å². The van der Waals surface area contributed by atoms with E-state index in [1.807, 2.05) is 131 Å². The molecule has 9 rings (SSSR count). The Morgan fingerprint density at radius 3 is 2.39 bits per heavy atom. The van der Waals surface area contributed by atoms with E-state index in [0.717, 1.165) is 44.6 Å². The fourth-order valence-electron chi connectivity index (χ4n) is 10.3. The summed E-state index contributed by atoms with van der Waals surface area (Å²) in [4.78, 5) is 33.7. The highest BCUT2D eigenvalue weighted by atomic mass is 28.3. The Hall–Kier alpha value is -6.54. The van der Waals surface area contributed by atoms with Gasteiger partial charge in [-0.1, -0.05) is 103 Å². The Kier molecular flexibility index (Phi) is 11.7. The molecule has 1 saturated heterocycles. The summed E-state index contributed by atoms with van der Waals surface area (Å²) in [6, 6.07) is 39.7. The molecule has 1 fully saturated rings. The standard InChI is InChI=1S/C51H54N6O6Si/c1-33-49(64(4,5)40-22-19-38(61-2)20-23-40)47(25-26-56-31-45(54-55-56)42(32-58)35-11-7-6-8-12-35)63-51(33)43-28-39(62-3)21-24-46(43)57(50(51)60)30-34-15-17-37(18-16-34)53-48(59)27-36-29-52-44-14-10-9-13-41(36)44/h6-24,28-29,31,33,42,47,49,52,58H,25-27,30,32H2,1-5H3,(H,53,59)/t33-,42?,47+,49-,51+/m1/s1. The van der Waals surface area contributed by atoms with Crippen LogP contribution in [0.5, 0.6) is 11.5 Å². The van der Waals surface area contributed by atoms with Gasteiger partial charge < -0.3 is 34.5 Å². The average molecular weight is 875 g/mol. The van der Waals surface area contributed by atoms with Gasteiger partial charge in [0, 0.05) is 47.0 Å². The monoisotopic (exact) mass is 874 g/mol. The molecule has 1 spiro atoms. The van der Waals surface area contributed by atoms with Gasteiger partial charge in [0.05, 0.1) is 65.3 Å².